The van der Waals surface area contributed by atoms with Crippen molar-refractivity contribution in [1.82, 2.24) is 9.78 Å². The lowest BCUT2D eigenvalue weighted by molar-refractivity contribution is 0.00922. The Morgan fingerprint density at radius 2 is 2.00 bits per heavy atom. The van der Waals surface area contributed by atoms with Crippen LogP contribution in [0, 0.1) is 0 Å². The highest BCUT2D eigenvalue weighted by Crippen LogP contribution is 2.30. The summed E-state index contributed by atoms with van der Waals surface area (Å²) in [4.78, 5) is 24.2. The minimum Gasteiger partial charge on any atom is -0.371 e. The third-order valence-electron chi connectivity index (χ3n) is 3.52. The summed E-state index contributed by atoms with van der Waals surface area (Å²) in [7, 11) is -2.34. The molecular weight excluding hydrogens is 394 g/mol. The van der Waals surface area contributed by atoms with E-state index in [-0.39, 0.29) is 26.6 Å². The summed E-state index contributed by atoms with van der Waals surface area (Å²) in [5, 5.41) is 2.27. The fourth-order valence-electron chi connectivity index (χ4n) is 2.28. The number of alkyl halides is 2. The topological polar surface area (TPSA) is 98.2 Å². The second-order valence-corrected chi connectivity index (χ2v) is 7.82. The number of hydrogen-bond donors (Lipinski definition) is 1. The molecule has 7 nitrogen and oxygen atoms in total. The van der Waals surface area contributed by atoms with Gasteiger partial charge in [0.1, 0.15) is 12.2 Å². The first kappa shape index (κ1) is 20.3. The molecule has 0 aliphatic rings. The number of nitrogens with zero attached hydrogens (tertiary/aromatic N) is 1. The first-order valence-electron chi connectivity index (χ1n) is 7.20. The van der Waals surface area contributed by atoms with Crippen molar-refractivity contribution in [3.05, 3.63) is 50.4 Å². The molecule has 0 unspecified atom stereocenters. The van der Waals surface area contributed by atoms with Crippen LogP contribution in [0.5, 0.6) is 0 Å². The highest BCUT2D eigenvalue weighted by Gasteiger charge is 2.24. The maximum atomic E-state index is 12.6. The maximum Gasteiger partial charge on any atom is 0.277 e. The summed E-state index contributed by atoms with van der Waals surface area (Å²) in [6, 6.07) is 2.30. The Labute approximate surface area is 152 Å². The Hall–Kier alpha value is -2.04. The Morgan fingerprint density at radius 3 is 2.50 bits per heavy atom. The lowest BCUT2D eigenvalue weighted by Gasteiger charge is -2.13. The van der Waals surface area contributed by atoms with Crippen LogP contribution in [-0.2, 0) is 28.2 Å². The molecule has 2 rings (SSSR count). The van der Waals surface area contributed by atoms with Crippen molar-refractivity contribution in [3.8, 4) is 0 Å². The number of rotatable bonds is 7. The van der Waals surface area contributed by atoms with Crippen LogP contribution in [0.2, 0.25) is 5.02 Å². The molecule has 0 atom stereocenters. The molecule has 0 fully saturated rings. The minimum absolute atomic E-state index is 0.118. The number of nitrogens with one attached hydrogen (secondary N) is 1. The van der Waals surface area contributed by atoms with Crippen LogP contribution in [0.1, 0.15) is 21.5 Å². The first-order chi connectivity index (χ1) is 12.0. The van der Waals surface area contributed by atoms with E-state index >= 15 is 0 Å². The van der Waals surface area contributed by atoms with Gasteiger partial charge in [0.2, 0.25) is 5.78 Å². The van der Waals surface area contributed by atoms with Crippen molar-refractivity contribution in [2.24, 2.45) is 7.05 Å². The van der Waals surface area contributed by atoms with Gasteiger partial charge in [-0.25, -0.2) is 17.2 Å². The van der Waals surface area contributed by atoms with Gasteiger partial charge >= 0.3 is 0 Å². The molecule has 0 amide bonds. The number of halogens is 3. The maximum absolute atomic E-state index is 12.6. The van der Waals surface area contributed by atoms with Crippen molar-refractivity contribution in [2.45, 2.75) is 17.9 Å². The van der Waals surface area contributed by atoms with E-state index in [9.17, 15) is 26.8 Å². The van der Waals surface area contributed by atoms with Crippen molar-refractivity contribution < 1.29 is 26.7 Å². The predicted octanol–water partition coefficient (Wildman–Crippen LogP) is 1.78. The van der Waals surface area contributed by atoms with E-state index in [1.54, 1.807) is 0 Å². The smallest absolute Gasteiger partial charge is 0.277 e. The molecule has 1 heterocycles. The zero-order valence-corrected chi connectivity index (χ0v) is 15.3. The number of sulfone groups is 1. The van der Waals surface area contributed by atoms with Gasteiger partial charge in [0.15, 0.2) is 9.84 Å². The van der Waals surface area contributed by atoms with Crippen molar-refractivity contribution in [2.75, 3.05) is 12.9 Å². The van der Waals surface area contributed by atoms with Gasteiger partial charge in [-0.3, -0.25) is 14.3 Å². The molecular formula is C15H15ClF2N2O5S. The zero-order valence-electron chi connectivity index (χ0n) is 13.8. The number of ether oxygens (including phenoxy) is 1. The van der Waals surface area contributed by atoms with E-state index in [0.717, 1.165) is 17.0 Å². The monoisotopic (exact) mass is 408 g/mol. The third kappa shape index (κ3) is 4.19. The summed E-state index contributed by atoms with van der Waals surface area (Å²) in [6.45, 7) is -1.45. The summed E-state index contributed by atoms with van der Waals surface area (Å²) in [5.74, 6) is -0.730. The average Bonchev–Trinajstić information content (AvgIpc) is 2.86. The number of aryl methyl sites for hydroxylation is 1. The molecule has 11 heteroatoms. The Morgan fingerprint density at radius 1 is 1.35 bits per heavy atom. The van der Waals surface area contributed by atoms with Crippen LogP contribution >= 0.6 is 11.6 Å². The van der Waals surface area contributed by atoms with E-state index < -0.39 is 40.8 Å². The number of aromatic amines is 1. The molecule has 142 valence electrons. The summed E-state index contributed by atoms with van der Waals surface area (Å²) >= 11 is 6.17. The lowest BCUT2D eigenvalue weighted by atomic mass is 10.0. The number of aromatic nitrogens is 2. The van der Waals surface area contributed by atoms with Crippen LogP contribution in [0.15, 0.2) is 28.0 Å². The Kier molecular flexibility index (Phi) is 5.99. The van der Waals surface area contributed by atoms with Crippen LogP contribution in [0.25, 0.3) is 0 Å². The van der Waals surface area contributed by atoms with E-state index in [2.05, 4.69) is 5.10 Å². The molecule has 0 spiro atoms. The van der Waals surface area contributed by atoms with E-state index in [1.807, 2.05) is 0 Å². The first-order valence-corrected chi connectivity index (χ1v) is 9.47. The number of carbonyl (C=O) groups excluding carboxylic acids is 1. The summed E-state index contributed by atoms with van der Waals surface area (Å²) in [6.07, 6.45) is -0.639. The van der Waals surface area contributed by atoms with E-state index in [4.69, 9.17) is 16.3 Å². The molecule has 0 saturated heterocycles. The third-order valence-corrected chi connectivity index (χ3v) is 5.13. The number of carbonyl (C=O) groups is 1. The van der Waals surface area contributed by atoms with Crippen LogP contribution in [-0.4, -0.2) is 43.3 Å². The molecule has 0 bridgehead atoms. The number of hydrogen-bond acceptors (Lipinski definition) is 5. The summed E-state index contributed by atoms with van der Waals surface area (Å²) in [5.41, 5.74) is -1.03. The van der Waals surface area contributed by atoms with Gasteiger partial charge in [-0.05, 0) is 12.1 Å². The second-order valence-electron chi connectivity index (χ2n) is 5.46. The largest absolute Gasteiger partial charge is 0.371 e. The molecule has 26 heavy (non-hydrogen) atoms. The molecule has 0 aliphatic carbocycles. The van der Waals surface area contributed by atoms with Gasteiger partial charge in [-0.1, -0.05) is 11.6 Å². The molecule has 2 aromatic rings. The fourth-order valence-corrected chi connectivity index (χ4v) is 3.57. The zero-order chi connectivity index (χ0) is 19.6. The van der Waals surface area contributed by atoms with Gasteiger partial charge in [-0.15, -0.1) is 0 Å². The van der Waals surface area contributed by atoms with Gasteiger partial charge in [0, 0.05) is 30.6 Å². The van der Waals surface area contributed by atoms with Gasteiger partial charge in [0.05, 0.1) is 16.5 Å². The number of benzene rings is 1. The fraction of sp³-hybridized carbons (Fsp3) is 0.333. The number of ketones is 1. The second kappa shape index (κ2) is 7.68. The quantitative estimate of drug-likeness (QED) is 0.704. The minimum atomic E-state index is -3.75. The molecule has 1 aromatic heterocycles. The van der Waals surface area contributed by atoms with E-state index in [1.165, 1.54) is 19.3 Å². The highest BCUT2D eigenvalue weighted by atomic mass is 35.5. The van der Waals surface area contributed by atoms with Gasteiger partial charge < -0.3 is 9.84 Å². The van der Waals surface area contributed by atoms with Gasteiger partial charge in [0.25, 0.3) is 12.0 Å². The SMILES string of the molecule is Cn1[nH]cc(C(=O)c2ccc(S(C)(=O)=O)c(COCC(F)F)c2Cl)c1=O. The predicted molar refractivity (Wildman–Crippen MR) is 89.7 cm³/mol. The summed E-state index contributed by atoms with van der Waals surface area (Å²) < 4.78 is 54.2. The van der Waals surface area contributed by atoms with Crippen LogP contribution in [0.4, 0.5) is 8.78 Å². The molecule has 1 aromatic carbocycles. The van der Waals surface area contributed by atoms with Gasteiger partial charge in [-0.2, -0.15) is 0 Å². The average molecular weight is 409 g/mol. The molecule has 0 radical (unpaired) electrons. The molecule has 1 N–H and O–H groups in total. The van der Waals surface area contributed by atoms with Crippen LogP contribution < -0.4 is 5.56 Å². The Bertz CT molecular complexity index is 998. The Balaban J connectivity index is 2.54. The normalized spacial score (nSPS) is 11.9. The van der Waals surface area contributed by atoms with Crippen molar-refractivity contribution in [1.29, 1.82) is 0 Å². The van der Waals surface area contributed by atoms with Crippen LogP contribution in [0.3, 0.4) is 0 Å². The van der Waals surface area contributed by atoms with E-state index in [0.29, 0.717) is 0 Å². The van der Waals surface area contributed by atoms with Crippen molar-refractivity contribution in [3.63, 3.8) is 0 Å². The molecule has 0 saturated carbocycles. The van der Waals surface area contributed by atoms with Crippen molar-refractivity contribution >= 4 is 27.2 Å². The highest BCUT2D eigenvalue weighted by molar-refractivity contribution is 7.90. The standard InChI is InChI=1S/C15H15ClF2N2O5S/c1-20-15(22)9(5-19-20)14(21)8-3-4-11(26(2,23)24)10(13(8)16)6-25-7-12(17)18/h3-5,12,19H,6-7H2,1-2H3. The lowest BCUT2D eigenvalue weighted by Crippen LogP contribution is -2.20. The molecule has 0 aliphatic heterocycles. The number of H-pyrrole nitrogens is 1.